The fourth-order valence-corrected chi connectivity index (χ4v) is 7.37. The monoisotopic (exact) mass is 698 g/mol. The van der Waals surface area contributed by atoms with Gasteiger partial charge in [0.2, 0.25) is 0 Å². The molecule has 236 valence electrons. The van der Waals surface area contributed by atoms with Crippen molar-refractivity contribution in [3.8, 4) is 11.5 Å². The highest BCUT2D eigenvalue weighted by Gasteiger charge is 2.36. The van der Waals surface area contributed by atoms with Gasteiger partial charge < -0.3 is 18.9 Å². The number of nitrogens with zero attached hydrogens (tertiary/aromatic N) is 4. The van der Waals surface area contributed by atoms with E-state index in [2.05, 4.69) is 51.0 Å². The number of halogens is 1. The van der Waals surface area contributed by atoms with Gasteiger partial charge in [0.25, 0.3) is 11.5 Å². The first kappa shape index (κ1) is 31.6. The molecule has 3 heterocycles. The molecule has 10 heteroatoms. The third kappa shape index (κ3) is 5.71. The Labute approximate surface area is 279 Å². The van der Waals surface area contributed by atoms with E-state index in [1.54, 1.807) is 35.8 Å². The van der Waals surface area contributed by atoms with Crippen LogP contribution in [0.25, 0.3) is 17.0 Å². The number of benzene rings is 3. The number of methoxy groups -OCH3 is 2. The molecule has 0 unspecified atom stereocenters. The fourth-order valence-electron chi connectivity index (χ4n) is 6.07. The normalized spacial score (nSPS) is 14.7. The molecule has 3 aromatic carbocycles. The predicted octanol–water partition coefficient (Wildman–Crippen LogP) is 5.89. The average molecular weight is 700 g/mol. The van der Waals surface area contributed by atoms with Gasteiger partial charge in [0.1, 0.15) is 17.5 Å². The molecule has 0 aliphatic carbocycles. The highest BCUT2D eigenvalue weighted by molar-refractivity contribution is 9.10. The van der Waals surface area contributed by atoms with E-state index in [0.29, 0.717) is 57.3 Å². The molecule has 0 spiro atoms. The van der Waals surface area contributed by atoms with E-state index in [1.807, 2.05) is 57.2 Å². The highest BCUT2D eigenvalue weighted by Crippen LogP contribution is 2.38. The maximum Gasteiger partial charge on any atom is 0.271 e. The molecule has 46 heavy (non-hydrogen) atoms. The van der Waals surface area contributed by atoms with Crippen LogP contribution in [0, 0.1) is 0 Å². The summed E-state index contributed by atoms with van der Waals surface area (Å²) in [5.74, 6) is 0.989. The first-order valence-corrected chi connectivity index (χ1v) is 16.7. The molecule has 1 amide bonds. The Balaban J connectivity index is 1.55. The highest BCUT2D eigenvalue weighted by atomic mass is 79.9. The summed E-state index contributed by atoms with van der Waals surface area (Å²) in [5.41, 5.74) is 4.63. The van der Waals surface area contributed by atoms with Crippen molar-refractivity contribution in [3.63, 3.8) is 0 Å². The van der Waals surface area contributed by atoms with E-state index in [0.717, 1.165) is 20.9 Å². The van der Waals surface area contributed by atoms with E-state index in [9.17, 15) is 9.59 Å². The second kappa shape index (κ2) is 13.1. The number of carbonyl (C=O) groups is 1. The van der Waals surface area contributed by atoms with Crippen LogP contribution in [0.15, 0.2) is 98.5 Å². The van der Waals surface area contributed by atoms with Crippen molar-refractivity contribution in [2.75, 3.05) is 27.3 Å². The predicted molar refractivity (Wildman–Crippen MR) is 186 cm³/mol. The van der Waals surface area contributed by atoms with Gasteiger partial charge in [0, 0.05) is 52.3 Å². The molecule has 6 rings (SSSR count). The van der Waals surface area contributed by atoms with Crippen molar-refractivity contribution in [3.05, 3.63) is 125 Å². The third-order valence-corrected chi connectivity index (χ3v) is 9.92. The van der Waals surface area contributed by atoms with Gasteiger partial charge in [0.15, 0.2) is 4.80 Å². The number of ether oxygens (including phenoxy) is 2. The van der Waals surface area contributed by atoms with Crippen LogP contribution in [0.1, 0.15) is 43.5 Å². The molecule has 5 aromatic rings. The first-order chi connectivity index (χ1) is 22.3. The number of amides is 1. The number of allylic oxidation sites excluding steroid dienone is 1. The zero-order valence-electron chi connectivity index (χ0n) is 26.4. The fraction of sp³-hybridized carbons (Fsp3) is 0.250. The molecule has 0 saturated carbocycles. The zero-order chi connectivity index (χ0) is 32.5. The Morgan fingerprint density at radius 3 is 2.48 bits per heavy atom. The lowest BCUT2D eigenvalue weighted by molar-refractivity contribution is -0.127. The van der Waals surface area contributed by atoms with Crippen LogP contribution in [0.3, 0.4) is 0 Å². The van der Waals surface area contributed by atoms with Gasteiger partial charge in [-0.15, -0.1) is 0 Å². The van der Waals surface area contributed by atoms with Gasteiger partial charge in [-0.2, -0.15) is 0 Å². The van der Waals surface area contributed by atoms with Crippen LogP contribution >= 0.6 is 27.3 Å². The van der Waals surface area contributed by atoms with Gasteiger partial charge in [-0.1, -0.05) is 57.6 Å². The number of thiazole rings is 1. The average Bonchev–Trinajstić information content (AvgIpc) is 3.57. The number of rotatable bonds is 9. The molecule has 0 bridgehead atoms. The minimum Gasteiger partial charge on any atom is -0.497 e. The largest absolute Gasteiger partial charge is 0.497 e. The molecule has 2 aromatic heterocycles. The van der Waals surface area contributed by atoms with E-state index in [4.69, 9.17) is 14.5 Å². The van der Waals surface area contributed by atoms with E-state index in [-0.39, 0.29) is 11.5 Å². The quantitative estimate of drug-likeness (QED) is 0.193. The first-order valence-electron chi connectivity index (χ1n) is 15.1. The van der Waals surface area contributed by atoms with Gasteiger partial charge in [-0.3, -0.25) is 14.2 Å². The standard InChI is InChI=1S/C36H35BrN4O4S/c1-6-39(7-2)35(43)32-22(3)38-36-41(33(32)28-19-26(44-4)16-17-30(28)45-5)34(42)31(46-36)18-24-21-40(29-11-9-8-10-27(24)29)20-23-12-14-25(37)15-13-23/h8-19,21,33H,6-7,20H2,1-5H3/b31-18+/t33-/m1/s1. The van der Waals surface area contributed by atoms with Gasteiger partial charge >= 0.3 is 0 Å². The maximum absolute atomic E-state index is 14.5. The van der Waals surface area contributed by atoms with Crippen molar-refractivity contribution in [1.82, 2.24) is 14.0 Å². The smallest absolute Gasteiger partial charge is 0.271 e. The summed E-state index contributed by atoms with van der Waals surface area (Å²) in [7, 11) is 3.18. The van der Waals surface area contributed by atoms with Crippen LogP contribution in [0.4, 0.5) is 0 Å². The lowest BCUT2D eigenvalue weighted by atomic mass is 9.93. The Bertz CT molecular complexity index is 2160. The van der Waals surface area contributed by atoms with Crippen LogP contribution in [-0.2, 0) is 11.3 Å². The number of hydrogen-bond donors (Lipinski definition) is 0. The second-order valence-corrected chi connectivity index (χ2v) is 12.9. The van der Waals surface area contributed by atoms with Crippen LogP contribution in [-0.4, -0.2) is 47.3 Å². The minimum absolute atomic E-state index is 0.161. The molecular weight excluding hydrogens is 664 g/mol. The van der Waals surface area contributed by atoms with Crippen molar-refractivity contribution >= 4 is 50.2 Å². The molecule has 0 saturated heterocycles. The summed E-state index contributed by atoms with van der Waals surface area (Å²) in [5, 5.41) is 1.05. The number of hydrogen-bond acceptors (Lipinski definition) is 6. The Kier molecular flexibility index (Phi) is 9.02. The zero-order valence-corrected chi connectivity index (χ0v) is 28.8. The Morgan fingerprint density at radius 2 is 1.78 bits per heavy atom. The molecule has 1 aliphatic heterocycles. The molecule has 1 atom stereocenters. The SMILES string of the molecule is CCN(CC)C(=O)C1=C(C)N=c2s/c(=C/c3cn(Cc4ccc(Br)cc4)c4ccccc34)c(=O)n2[C@@H]1c1cc(OC)ccc1OC. The summed E-state index contributed by atoms with van der Waals surface area (Å²) in [6.45, 7) is 7.48. The molecule has 8 nitrogen and oxygen atoms in total. The maximum atomic E-state index is 14.5. The number of fused-ring (bicyclic) bond motifs is 2. The Morgan fingerprint density at radius 1 is 1.04 bits per heavy atom. The van der Waals surface area contributed by atoms with Crippen LogP contribution < -0.4 is 24.4 Å². The summed E-state index contributed by atoms with van der Waals surface area (Å²) in [6, 6.07) is 21.2. The van der Waals surface area contributed by atoms with Crippen molar-refractivity contribution < 1.29 is 14.3 Å². The summed E-state index contributed by atoms with van der Waals surface area (Å²) in [4.78, 5) is 35.6. The number of para-hydroxylation sites is 1. The van der Waals surface area contributed by atoms with Crippen molar-refractivity contribution in [2.45, 2.75) is 33.4 Å². The molecular formula is C36H35BrN4O4S. The van der Waals surface area contributed by atoms with Gasteiger partial charge in [-0.25, -0.2) is 4.99 Å². The summed E-state index contributed by atoms with van der Waals surface area (Å²) < 4.78 is 16.8. The lowest BCUT2D eigenvalue weighted by Gasteiger charge is -2.30. The van der Waals surface area contributed by atoms with Gasteiger partial charge in [-0.05, 0) is 68.8 Å². The molecule has 1 aliphatic rings. The number of likely N-dealkylation sites (N-methyl/N-ethyl adjacent to an activating group) is 1. The summed E-state index contributed by atoms with van der Waals surface area (Å²) >= 11 is 4.84. The molecule has 0 fully saturated rings. The summed E-state index contributed by atoms with van der Waals surface area (Å²) in [6.07, 6.45) is 4.03. The van der Waals surface area contributed by atoms with Gasteiger partial charge in [0.05, 0.1) is 30.0 Å². The number of carbonyl (C=O) groups excluding carboxylic acids is 1. The van der Waals surface area contributed by atoms with Crippen molar-refractivity contribution in [2.24, 2.45) is 4.99 Å². The van der Waals surface area contributed by atoms with E-state index >= 15 is 0 Å². The molecule has 0 N–H and O–H groups in total. The topological polar surface area (TPSA) is 78.1 Å². The molecule has 0 radical (unpaired) electrons. The Hall–Kier alpha value is -4.41. The third-order valence-electron chi connectivity index (χ3n) is 8.41. The lowest BCUT2D eigenvalue weighted by Crippen LogP contribution is -2.43. The van der Waals surface area contributed by atoms with E-state index in [1.165, 1.54) is 16.9 Å². The van der Waals surface area contributed by atoms with Crippen LogP contribution in [0.2, 0.25) is 0 Å². The van der Waals surface area contributed by atoms with E-state index < -0.39 is 6.04 Å². The van der Waals surface area contributed by atoms with Crippen molar-refractivity contribution in [1.29, 1.82) is 0 Å². The van der Waals surface area contributed by atoms with Crippen LogP contribution in [0.5, 0.6) is 11.5 Å². The second-order valence-electron chi connectivity index (χ2n) is 11.0. The minimum atomic E-state index is -0.754. The number of aromatic nitrogens is 2.